The summed E-state index contributed by atoms with van der Waals surface area (Å²) in [6, 6.07) is 20.8. The quantitative estimate of drug-likeness (QED) is 0.490. The van der Waals surface area contributed by atoms with Crippen molar-refractivity contribution in [2.24, 2.45) is 5.92 Å². The largest absolute Gasteiger partial charge is 0.496 e. The molecule has 9 heteroatoms. The number of para-hydroxylation sites is 1. The van der Waals surface area contributed by atoms with Gasteiger partial charge in [-0.05, 0) is 42.8 Å². The molecular formula is C29H34N2O6S. The average Bonchev–Trinajstić information content (AvgIpc) is 2.94. The first kappa shape index (κ1) is 27.6. The molecule has 0 saturated heterocycles. The van der Waals surface area contributed by atoms with Crippen molar-refractivity contribution in [1.29, 1.82) is 0 Å². The minimum absolute atomic E-state index is 0.0189. The molecule has 3 aromatic rings. The maximum absolute atomic E-state index is 13.8. The number of ether oxygens (including phenoxy) is 2. The lowest BCUT2D eigenvalue weighted by molar-refractivity contribution is 0.0564. The van der Waals surface area contributed by atoms with Crippen LogP contribution in [-0.2, 0) is 10.0 Å². The van der Waals surface area contributed by atoms with Gasteiger partial charge in [-0.2, -0.15) is 4.31 Å². The number of likely N-dealkylation sites (N-methyl/N-ethyl adjacent to an activating group) is 1. The highest BCUT2D eigenvalue weighted by Gasteiger charge is 2.38. The Morgan fingerprint density at radius 3 is 2.50 bits per heavy atom. The zero-order chi connectivity index (χ0) is 27.4. The van der Waals surface area contributed by atoms with Gasteiger partial charge in [0.2, 0.25) is 10.0 Å². The van der Waals surface area contributed by atoms with Gasteiger partial charge in [0.25, 0.3) is 5.91 Å². The Kier molecular flexibility index (Phi) is 8.40. The van der Waals surface area contributed by atoms with Crippen molar-refractivity contribution in [2.75, 3.05) is 33.9 Å². The highest BCUT2D eigenvalue weighted by molar-refractivity contribution is 7.89. The lowest BCUT2D eigenvalue weighted by Gasteiger charge is -2.37. The number of nitrogens with zero attached hydrogens (tertiary/aromatic N) is 2. The fourth-order valence-corrected chi connectivity index (χ4v) is 6.47. The maximum atomic E-state index is 13.8. The summed E-state index contributed by atoms with van der Waals surface area (Å²) in [6.07, 6.45) is -0.511. The summed E-state index contributed by atoms with van der Waals surface area (Å²) >= 11 is 0. The Hall–Kier alpha value is -3.40. The Balaban J connectivity index is 1.77. The number of hydrogen-bond acceptors (Lipinski definition) is 6. The van der Waals surface area contributed by atoms with Crippen molar-refractivity contribution in [3.63, 3.8) is 0 Å². The van der Waals surface area contributed by atoms with Gasteiger partial charge in [-0.1, -0.05) is 49.4 Å². The van der Waals surface area contributed by atoms with E-state index in [1.807, 2.05) is 49.4 Å². The van der Waals surface area contributed by atoms with E-state index in [1.54, 1.807) is 50.2 Å². The van der Waals surface area contributed by atoms with E-state index in [0.717, 1.165) is 11.1 Å². The Bertz CT molecular complexity index is 1380. The fraction of sp³-hybridized carbons (Fsp3) is 0.345. The van der Waals surface area contributed by atoms with Crippen LogP contribution in [0.25, 0.3) is 11.1 Å². The van der Waals surface area contributed by atoms with Crippen LogP contribution in [0.1, 0.15) is 24.2 Å². The van der Waals surface area contributed by atoms with E-state index in [2.05, 4.69) is 0 Å². The van der Waals surface area contributed by atoms with E-state index < -0.39 is 22.2 Å². The molecule has 0 unspecified atom stereocenters. The summed E-state index contributed by atoms with van der Waals surface area (Å²) in [5.41, 5.74) is 2.09. The molecule has 1 amide bonds. The van der Waals surface area contributed by atoms with Crippen LogP contribution in [-0.4, -0.2) is 74.6 Å². The van der Waals surface area contributed by atoms with Gasteiger partial charge < -0.3 is 19.5 Å². The molecule has 1 aliphatic heterocycles. The molecule has 0 bridgehead atoms. The first-order chi connectivity index (χ1) is 18.2. The van der Waals surface area contributed by atoms with Crippen molar-refractivity contribution in [3.05, 3.63) is 78.4 Å². The molecule has 3 aromatic carbocycles. The van der Waals surface area contributed by atoms with Crippen LogP contribution in [0.5, 0.6) is 11.5 Å². The molecule has 0 aliphatic carbocycles. The van der Waals surface area contributed by atoms with Gasteiger partial charge >= 0.3 is 0 Å². The first-order valence-corrected chi connectivity index (χ1v) is 14.0. The van der Waals surface area contributed by atoms with Crippen LogP contribution in [0.2, 0.25) is 0 Å². The minimum atomic E-state index is -3.98. The number of fused-ring (bicyclic) bond motifs is 1. The third-order valence-electron chi connectivity index (χ3n) is 6.91. The van der Waals surface area contributed by atoms with E-state index in [9.17, 15) is 18.3 Å². The molecule has 1 N–H and O–H groups in total. The summed E-state index contributed by atoms with van der Waals surface area (Å²) < 4.78 is 40.8. The van der Waals surface area contributed by atoms with Crippen molar-refractivity contribution in [3.8, 4) is 22.6 Å². The zero-order valence-electron chi connectivity index (χ0n) is 22.1. The summed E-state index contributed by atoms with van der Waals surface area (Å²) in [4.78, 5) is 14.7. The van der Waals surface area contributed by atoms with Gasteiger partial charge in [0.15, 0.2) is 0 Å². The highest BCUT2D eigenvalue weighted by atomic mass is 32.2. The van der Waals surface area contributed by atoms with Gasteiger partial charge in [-0.3, -0.25) is 4.79 Å². The lowest BCUT2D eigenvalue weighted by atomic mass is 10.0. The molecule has 0 saturated carbocycles. The zero-order valence-corrected chi connectivity index (χ0v) is 22.9. The normalized spacial score (nSPS) is 19.8. The molecule has 1 aliphatic rings. The Morgan fingerprint density at radius 1 is 1.13 bits per heavy atom. The van der Waals surface area contributed by atoms with Gasteiger partial charge in [0.1, 0.15) is 22.5 Å². The summed E-state index contributed by atoms with van der Waals surface area (Å²) in [7, 11) is -0.684. The molecule has 1 heterocycles. The molecule has 0 spiro atoms. The van der Waals surface area contributed by atoms with Gasteiger partial charge in [-0.25, -0.2) is 8.42 Å². The topological polar surface area (TPSA) is 96.4 Å². The number of amides is 1. The predicted octanol–water partition coefficient (Wildman–Crippen LogP) is 3.90. The number of rotatable bonds is 7. The summed E-state index contributed by atoms with van der Waals surface area (Å²) in [5.74, 6) is 0.406. The van der Waals surface area contributed by atoms with E-state index in [0.29, 0.717) is 11.3 Å². The molecule has 4 rings (SSSR count). The predicted molar refractivity (Wildman–Crippen MR) is 146 cm³/mol. The summed E-state index contributed by atoms with van der Waals surface area (Å²) in [6.45, 7) is 3.63. The molecule has 0 fully saturated rings. The monoisotopic (exact) mass is 538 g/mol. The minimum Gasteiger partial charge on any atom is -0.496 e. The molecule has 3 atom stereocenters. The SMILES string of the molecule is COc1ccccc1-c1ccc2c(c1)O[C@@H](CN(C)C(=O)c1ccccc1)[C@H](C)CN([C@@H](C)CO)S2(=O)=O. The van der Waals surface area contributed by atoms with Crippen molar-refractivity contribution >= 4 is 15.9 Å². The Morgan fingerprint density at radius 2 is 1.82 bits per heavy atom. The number of sulfonamides is 1. The van der Waals surface area contributed by atoms with Crippen LogP contribution in [0, 0.1) is 5.92 Å². The third-order valence-corrected chi connectivity index (χ3v) is 8.93. The van der Waals surface area contributed by atoms with Crippen LogP contribution in [0.3, 0.4) is 0 Å². The fourth-order valence-electron chi connectivity index (χ4n) is 4.65. The van der Waals surface area contributed by atoms with E-state index in [1.165, 1.54) is 10.4 Å². The second-order valence-electron chi connectivity index (χ2n) is 9.65. The van der Waals surface area contributed by atoms with Crippen molar-refractivity contribution in [1.82, 2.24) is 9.21 Å². The van der Waals surface area contributed by atoms with Gasteiger partial charge in [0, 0.05) is 36.7 Å². The maximum Gasteiger partial charge on any atom is 0.253 e. The molecule has 202 valence electrons. The van der Waals surface area contributed by atoms with E-state index in [4.69, 9.17) is 9.47 Å². The van der Waals surface area contributed by atoms with Crippen LogP contribution >= 0.6 is 0 Å². The highest BCUT2D eigenvalue weighted by Crippen LogP contribution is 2.38. The molecule has 38 heavy (non-hydrogen) atoms. The van der Waals surface area contributed by atoms with E-state index >= 15 is 0 Å². The number of methoxy groups -OCH3 is 1. The van der Waals surface area contributed by atoms with Crippen LogP contribution in [0.4, 0.5) is 0 Å². The van der Waals surface area contributed by atoms with Crippen LogP contribution < -0.4 is 9.47 Å². The number of carbonyl (C=O) groups excluding carboxylic acids is 1. The third kappa shape index (κ3) is 5.55. The average molecular weight is 539 g/mol. The van der Waals surface area contributed by atoms with Crippen molar-refractivity contribution < 1.29 is 27.8 Å². The van der Waals surface area contributed by atoms with Gasteiger partial charge in [0.05, 0.1) is 20.3 Å². The standard InChI is InChI=1S/C29H34N2O6S/c1-20-17-31(21(2)19-32)38(34,35)28-15-14-23(24-12-8-9-13-25(24)36-4)16-26(28)37-27(20)18-30(3)29(33)22-10-6-5-7-11-22/h5-16,20-21,27,32H,17-19H2,1-4H3/t20-,21+,27+/m1/s1. The lowest BCUT2D eigenvalue weighted by Crippen LogP contribution is -2.50. The number of benzene rings is 3. The number of hydrogen-bond donors (Lipinski definition) is 1. The number of aliphatic hydroxyl groups is 1. The molecule has 0 aromatic heterocycles. The second kappa shape index (κ2) is 11.6. The number of aliphatic hydroxyl groups excluding tert-OH is 1. The van der Waals surface area contributed by atoms with Gasteiger partial charge in [-0.15, -0.1) is 0 Å². The molecular weight excluding hydrogens is 504 g/mol. The van der Waals surface area contributed by atoms with E-state index in [-0.39, 0.29) is 42.2 Å². The first-order valence-electron chi connectivity index (χ1n) is 12.5. The summed E-state index contributed by atoms with van der Waals surface area (Å²) in [5, 5.41) is 9.87. The second-order valence-corrected chi connectivity index (χ2v) is 11.5. The Labute approximate surface area is 224 Å². The molecule has 8 nitrogen and oxygen atoms in total. The smallest absolute Gasteiger partial charge is 0.253 e. The molecule has 0 radical (unpaired) electrons. The number of carbonyl (C=O) groups is 1. The van der Waals surface area contributed by atoms with Crippen molar-refractivity contribution in [2.45, 2.75) is 30.9 Å². The van der Waals surface area contributed by atoms with Crippen LogP contribution in [0.15, 0.2) is 77.7 Å².